The smallest absolute Gasteiger partial charge is 0.416 e. The van der Waals surface area contributed by atoms with Crippen LogP contribution in [0.15, 0.2) is 29.6 Å². The molecule has 1 rings (SSSR count). The zero-order valence-corrected chi connectivity index (χ0v) is 13.1. The lowest BCUT2D eigenvalue weighted by Crippen LogP contribution is -2.09. The molecule has 0 bridgehead atoms. The van der Waals surface area contributed by atoms with Crippen LogP contribution in [0.25, 0.3) is 6.20 Å². The molecule has 1 aromatic rings. The number of hydrogen-bond donors (Lipinski definition) is 1. The molecule has 23 heavy (non-hydrogen) atoms. The van der Waals surface area contributed by atoms with Crippen molar-refractivity contribution in [2.24, 2.45) is 0 Å². The molecule has 0 radical (unpaired) electrons. The molecular formula is C14H18F3N3O3. The van der Waals surface area contributed by atoms with Gasteiger partial charge in [-0.3, -0.25) is 4.79 Å². The normalized spacial score (nSPS) is 12.9. The maximum absolute atomic E-state index is 12.6. The number of carbonyl (C=O) groups excluding carboxylic acids is 1. The molecular weight excluding hydrogens is 315 g/mol. The van der Waals surface area contributed by atoms with Crippen LogP contribution in [-0.4, -0.2) is 46.8 Å². The number of aromatic nitrogens is 3. The van der Waals surface area contributed by atoms with E-state index < -0.39 is 11.7 Å². The number of alkyl halides is 3. The van der Waals surface area contributed by atoms with Crippen LogP contribution in [0.2, 0.25) is 0 Å². The number of ether oxygens (including phenoxy) is 1. The third-order valence-electron chi connectivity index (χ3n) is 2.63. The van der Waals surface area contributed by atoms with Gasteiger partial charge in [0, 0.05) is 7.11 Å². The van der Waals surface area contributed by atoms with Gasteiger partial charge in [0.2, 0.25) is 0 Å². The second kappa shape index (κ2) is 9.57. The quantitative estimate of drug-likeness (QED) is 0.509. The molecule has 9 heteroatoms. The lowest BCUT2D eigenvalue weighted by molar-refractivity contribution is -0.0883. The first-order chi connectivity index (χ1) is 10.8. The van der Waals surface area contributed by atoms with Crippen LogP contribution in [-0.2, 0) is 4.74 Å². The number of halogens is 3. The Kier molecular flexibility index (Phi) is 8.56. The van der Waals surface area contributed by atoms with E-state index in [1.54, 1.807) is 6.92 Å². The first-order valence-corrected chi connectivity index (χ1v) is 6.32. The van der Waals surface area contributed by atoms with Gasteiger partial charge in [-0.05, 0) is 26.0 Å². The summed E-state index contributed by atoms with van der Waals surface area (Å²) in [5.41, 5.74) is -0.195. The fourth-order valence-corrected chi connectivity index (χ4v) is 1.40. The van der Waals surface area contributed by atoms with Crippen molar-refractivity contribution < 1.29 is 27.8 Å². The van der Waals surface area contributed by atoms with Crippen molar-refractivity contribution in [2.45, 2.75) is 20.0 Å². The molecule has 0 fully saturated rings. The van der Waals surface area contributed by atoms with E-state index in [1.165, 1.54) is 24.9 Å². The second-order valence-corrected chi connectivity index (χ2v) is 3.93. The third-order valence-corrected chi connectivity index (χ3v) is 2.63. The number of carbonyl (C=O) groups is 1. The van der Waals surface area contributed by atoms with Gasteiger partial charge >= 0.3 is 6.18 Å². The van der Waals surface area contributed by atoms with Crippen molar-refractivity contribution in [1.82, 2.24) is 15.0 Å². The Labute approximate surface area is 131 Å². The highest BCUT2D eigenvalue weighted by molar-refractivity contribution is 5.73. The van der Waals surface area contributed by atoms with E-state index in [0.29, 0.717) is 12.0 Å². The minimum atomic E-state index is -4.43. The first kappa shape index (κ1) is 20.6. The monoisotopic (exact) mass is 333 g/mol. The molecule has 6 nitrogen and oxygen atoms in total. The molecule has 1 N–H and O–H groups in total. The van der Waals surface area contributed by atoms with Crippen molar-refractivity contribution in [1.29, 1.82) is 0 Å². The fraction of sp³-hybridized carbons (Fsp3) is 0.357. The van der Waals surface area contributed by atoms with Crippen molar-refractivity contribution in [3.8, 4) is 0 Å². The minimum absolute atomic E-state index is 0.129. The lowest BCUT2D eigenvalue weighted by Gasteiger charge is -2.07. The summed E-state index contributed by atoms with van der Waals surface area (Å²) >= 11 is 0. The van der Waals surface area contributed by atoms with Gasteiger partial charge in [-0.15, -0.1) is 5.10 Å². The van der Waals surface area contributed by atoms with Gasteiger partial charge < -0.3 is 9.84 Å². The number of allylic oxidation sites excluding steroid dienone is 4. The van der Waals surface area contributed by atoms with Crippen LogP contribution in [0.1, 0.15) is 23.1 Å². The molecule has 0 amide bonds. The van der Waals surface area contributed by atoms with E-state index >= 15 is 0 Å². The van der Waals surface area contributed by atoms with Gasteiger partial charge in [0.05, 0.1) is 24.6 Å². The highest BCUT2D eigenvalue weighted by Crippen LogP contribution is 2.26. The molecule has 0 atom stereocenters. The number of aliphatic hydroxyl groups excluding tert-OH is 1. The van der Waals surface area contributed by atoms with Gasteiger partial charge in [-0.25, -0.2) is 4.68 Å². The maximum atomic E-state index is 12.6. The summed E-state index contributed by atoms with van der Waals surface area (Å²) in [6.07, 6.45) is 0.436. The molecule has 0 aliphatic heterocycles. The van der Waals surface area contributed by atoms with Crippen LogP contribution in [0.4, 0.5) is 13.2 Å². The van der Waals surface area contributed by atoms with E-state index in [-0.39, 0.29) is 11.5 Å². The van der Waals surface area contributed by atoms with Crippen molar-refractivity contribution in [3.05, 3.63) is 40.9 Å². The van der Waals surface area contributed by atoms with Gasteiger partial charge in [-0.2, -0.15) is 13.2 Å². The molecule has 0 unspecified atom stereocenters. The number of methoxy groups -OCH3 is 1. The summed E-state index contributed by atoms with van der Waals surface area (Å²) in [5, 5.41) is 14.3. The summed E-state index contributed by atoms with van der Waals surface area (Å²) in [6.45, 7) is 2.89. The van der Waals surface area contributed by atoms with E-state index in [2.05, 4.69) is 10.3 Å². The molecule has 0 saturated carbocycles. The average Bonchev–Trinajstić information content (AvgIpc) is 2.87. The third kappa shape index (κ3) is 6.07. The first-order valence-electron chi connectivity index (χ1n) is 6.32. The number of hydrogen-bond acceptors (Lipinski definition) is 5. The summed E-state index contributed by atoms with van der Waals surface area (Å²) < 4.78 is 43.9. The number of aldehydes is 1. The summed E-state index contributed by atoms with van der Waals surface area (Å²) in [4.78, 5) is 10.6. The van der Waals surface area contributed by atoms with E-state index in [4.69, 9.17) is 9.84 Å². The largest absolute Gasteiger partial charge is 0.495 e. The van der Waals surface area contributed by atoms with Crippen LogP contribution in [0.3, 0.4) is 0 Å². The number of nitrogens with zero attached hydrogens (tertiary/aromatic N) is 3. The predicted molar refractivity (Wildman–Crippen MR) is 78.5 cm³/mol. The highest BCUT2D eigenvalue weighted by Gasteiger charge is 2.30. The SMILES string of the molecule is CO.C\C=C(/C=C\C(=C\n1nnc(C=O)c1C)OC)C(F)(F)F. The van der Waals surface area contributed by atoms with E-state index in [0.717, 1.165) is 25.3 Å². The average molecular weight is 333 g/mol. The minimum Gasteiger partial charge on any atom is -0.495 e. The Morgan fingerprint density at radius 1 is 1.30 bits per heavy atom. The molecule has 1 aromatic heterocycles. The van der Waals surface area contributed by atoms with E-state index in [9.17, 15) is 18.0 Å². The van der Waals surface area contributed by atoms with Gasteiger partial charge in [-0.1, -0.05) is 11.3 Å². The predicted octanol–water partition coefficient (Wildman–Crippen LogP) is 2.52. The Balaban J connectivity index is 0.00000232. The van der Waals surface area contributed by atoms with Crippen LogP contribution in [0.5, 0.6) is 0 Å². The van der Waals surface area contributed by atoms with Gasteiger partial charge in [0.15, 0.2) is 6.29 Å². The summed E-state index contributed by atoms with van der Waals surface area (Å²) in [6, 6.07) is 0. The van der Waals surface area contributed by atoms with Crippen LogP contribution in [0, 0.1) is 6.92 Å². The Hall–Kier alpha value is -2.42. The summed E-state index contributed by atoms with van der Waals surface area (Å²) in [7, 11) is 2.31. The Bertz CT molecular complexity index is 602. The molecule has 128 valence electrons. The molecule has 0 aliphatic carbocycles. The highest BCUT2D eigenvalue weighted by atomic mass is 19.4. The van der Waals surface area contributed by atoms with E-state index in [1.807, 2.05) is 0 Å². The zero-order chi connectivity index (χ0) is 18.0. The Morgan fingerprint density at radius 2 is 1.91 bits per heavy atom. The van der Waals surface area contributed by atoms with Crippen molar-refractivity contribution in [2.75, 3.05) is 14.2 Å². The molecule has 1 heterocycles. The number of aliphatic hydroxyl groups is 1. The lowest BCUT2D eigenvalue weighted by atomic mass is 10.2. The second-order valence-electron chi connectivity index (χ2n) is 3.93. The number of rotatable bonds is 5. The topological polar surface area (TPSA) is 77.2 Å². The fourth-order valence-electron chi connectivity index (χ4n) is 1.40. The molecule has 0 saturated heterocycles. The standard InChI is InChI=1S/C13H14F3N3O2.CH4O/c1-4-10(13(14,15)16)5-6-11(21-3)7-19-9(2)12(8-20)17-18-19;1-2/h4-8H,1-3H3;2H,1H3/b6-5-,10-4+,11-7-;. The van der Waals surface area contributed by atoms with Crippen molar-refractivity contribution in [3.63, 3.8) is 0 Å². The van der Waals surface area contributed by atoms with Crippen LogP contribution >= 0.6 is 0 Å². The van der Waals surface area contributed by atoms with Gasteiger partial charge in [0.1, 0.15) is 11.5 Å². The summed E-state index contributed by atoms with van der Waals surface area (Å²) in [5.74, 6) is 0.129. The van der Waals surface area contributed by atoms with Gasteiger partial charge in [0.25, 0.3) is 0 Å². The van der Waals surface area contributed by atoms with Crippen LogP contribution < -0.4 is 0 Å². The molecule has 0 aromatic carbocycles. The van der Waals surface area contributed by atoms with Crippen molar-refractivity contribution >= 4 is 12.5 Å². The Morgan fingerprint density at radius 3 is 2.30 bits per heavy atom. The zero-order valence-electron chi connectivity index (χ0n) is 13.1. The molecule has 0 spiro atoms. The maximum Gasteiger partial charge on any atom is 0.416 e. The molecule has 0 aliphatic rings.